The molecular formula is C17H18N2O3S. The number of hydrogen-bond donors (Lipinski definition) is 2. The summed E-state index contributed by atoms with van der Waals surface area (Å²) >= 11 is 1.29. The zero-order valence-electron chi connectivity index (χ0n) is 12.8. The normalized spacial score (nSPS) is 13.4. The molecule has 6 heteroatoms. The van der Waals surface area contributed by atoms with Gasteiger partial charge in [-0.1, -0.05) is 12.1 Å². The van der Waals surface area contributed by atoms with Crippen molar-refractivity contribution in [3.63, 3.8) is 0 Å². The Labute approximate surface area is 138 Å². The van der Waals surface area contributed by atoms with E-state index in [-0.39, 0.29) is 17.7 Å². The molecule has 2 N–H and O–H groups in total. The van der Waals surface area contributed by atoms with Crippen LogP contribution in [-0.2, 0) is 11.3 Å². The first-order valence-electron chi connectivity index (χ1n) is 7.47. The minimum atomic E-state index is -0.148. The summed E-state index contributed by atoms with van der Waals surface area (Å²) in [6, 6.07) is 11.1. The highest BCUT2D eigenvalue weighted by Crippen LogP contribution is 2.31. The summed E-state index contributed by atoms with van der Waals surface area (Å²) in [4.78, 5) is 24.5. The molecule has 1 heterocycles. The van der Waals surface area contributed by atoms with Crippen molar-refractivity contribution in [2.24, 2.45) is 5.92 Å². The van der Waals surface area contributed by atoms with Gasteiger partial charge < -0.3 is 15.4 Å². The van der Waals surface area contributed by atoms with Crippen LogP contribution in [0.4, 0.5) is 5.00 Å². The molecule has 1 aromatic heterocycles. The first-order valence-corrected chi connectivity index (χ1v) is 8.29. The van der Waals surface area contributed by atoms with E-state index in [1.165, 1.54) is 11.3 Å². The van der Waals surface area contributed by atoms with Crippen LogP contribution in [0.2, 0.25) is 0 Å². The van der Waals surface area contributed by atoms with Crippen LogP contribution in [0.25, 0.3) is 0 Å². The molecule has 0 atom stereocenters. The van der Waals surface area contributed by atoms with Gasteiger partial charge in [-0.3, -0.25) is 9.59 Å². The highest BCUT2D eigenvalue weighted by molar-refractivity contribution is 7.18. The van der Waals surface area contributed by atoms with Crippen LogP contribution in [0.1, 0.15) is 28.1 Å². The van der Waals surface area contributed by atoms with E-state index in [1.807, 2.05) is 24.3 Å². The van der Waals surface area contributed by atoms with Gasteiger partial charge in [0.15, 0.2) is 0 Å². The topological polar surface area (TPSA) is 67.4 Å². The molecule has 0 radical (unpaired) electrons. The SMILES string of the molecule is COc1cccc(CNC(=O)c2ccc(NC(=O)C3CC3)s2)c1. The number of nitrogens with one attached hydrogen (secondary N) is 2. The van der Waals surface area contributed by atoms with Gasteiger partial charge in [-0.05, 0) is 42.7 Å². The Kier molecular flexibility index (Phi) is 4.62. The Balaban J connectivity index is 1.55. The summed E-state index contributed by atoms with van der Waals surface area (Å²) in [5.41, 5.74) is 0.969. The molecule has 1 aliphatic carbocycles. The average molecular weight is 330 g/mol. The quantitative estimate of drug-likeness (QED) is 0.855. The zero-order chi connectivity index (χ0) is 16.2. The second-order valence-corrected chi connectivity index (χ2v) is 6.55. The molecule has 1 aliphatic rings. The maximum atomic E-state index is 12.2. The largest absolute Gasteiger partial charge is 0.497 e. The van der Waals surface area contributed by atoms with E-state index in [0.29, 0.717) is 16.4 Å². The molecule has 23 heavy (non-hydrogen) atoms. The molecule has 5 nitrogen and oxygen atoms in total. The smallest absolute Gasteiger partial charge is 0.261 e. The van der Waals surface area contributed by atoms with Gasteiger partial charge in [0.2, 0.25) is 5.91 Å². The van der Waals surface area contributed by atoms with Crippen LogP contribution < -0.4 is 15.4 Å². The Hall–Kier alpha value is -2.34. The van der Waals surface area contributed by atoms with Crippen LogP contribution in [0.5, 0.6) is 5.75 Å². The number of rotatable bonds is 6. The summed E-state index contributed by atoms with van der Waals surface area (Å²) in [7, 11) is 1.61. The predicted octanol–water partition coefficient (Wildman–Crippen LogP) is 3.04. The molecule has 1 fully saturated rings. The molecule has 3 rings (SSSR count). The Bertz CT molecular complexity index is 722. The molecule has 120 valence electrons. The molecule has 2 amide bonds. The second kappa shape index (κ2) is 6.83. The third-order valence-corrected chi connectivity index (χ3v) is 4.61. The first-order chi connectivity index (χ1) is 11.2. The van der Waals surface area contributed by atoms with Crippen molar-refractivity contribution < 1.29 is 14.3 Å². The molecule has 2 aromatic rings. The number of anilines is 1. The third-order valence-electron chi connectivity index (χ3n) is 3.61. The maximum absolute atomic E-state index is 12.2. The fourth-order valence-corrected chi connectivity index (χ4v) is 2.97. The van der Waals surface area contributed by atoms with E-state index in [4.69, 9.17) is 4.74 Å². The van der Waals surface area contributed by atoms with E-state index < -0.39 is 0 Å². The van der Waals surface area contributed by atoms with Crippen molar-refractivity contribution in [3.05, 3.63) is 46.8 Å². The van der Waals surface area contributed by atoms with E-state index in [2.05, 4.69) is 10.6 Å². The van der Waals surface area contributed by atoms with Gasteiger partial charge in [0.05, 0.1) is 17.0 Å². The lowest BCUT2D eigenvalue weighted by Gasteiger charge is -2.06. The number of amides is 2. The van der Waals surface area contributed by atoms with Gasteiger partial charge in [-0.2, -0.15) is 0 Å². The lowest BCUT2D eigenvalue weighted by Crippen LogP contribution is -2.21. The van der Waals surface area contributed by atoms with Crippen molar-refractivity contribution in [1.29, 1.82) is 0 Å². The van der Waals surface area contributed by atoms with Crippen molar-refractivity contribution in [1.82, 2.24) is 5.32 Å². The standard InChI is InChI=1S/C17H18N2O3S/c1-22-13-4-2-3-11(9-13)10-18-17(21)14-7-8-15(23-14)19-16(20)12-5-6-12/h2-4,7-9,12H,5-6,10H2,1H3,(H,18,21)(H,19,20). The molecule has 0 aliphatic heterocycles. The van der Waals surface area contributed by atoms with E-state index in [0.717, 1.165) is 24.2 Å². The first kappa shape index (κ1) is 15.6. The number of hydrogen-bond acceptors (Lipinski definition) is 4. The Morgan fingerprint density at radius 1 is 1.26 bits per heavy atom. The minimum absolute atomic E-state index is 0.0511. The monoisotopic (exact) mass is 330 g/mol. The van der Waals surface area contributed by atoms with Gasteiger partial charge in [-0.25, -0.2) is 0 Å². The van der Waals surface area contributed by atoms with Crippen molar-refractivity contribution in [3.8, 4) is 5.75 Å². The van der Waals surface area contributed by atoms with Crippen LogP contribution in [0.15, 0.2) is 36.4 Å². The highest BCUT2D eigenvalue weighted by Gasteiger charge is 2.29. The van der Waals surface area contributed by atoms with Gasteiger partial charge >= 0.3 is 0 Å². The number of benzene rings is 1. The average Bonchev–Trinajstić information content (AvgIpc) is 3.33. The van der Waals surface area contributed by atoms with E-state index >= 15 is 0 Å². The van der Waals surface area contributed by atoms with Gasteiger partial charge in [-0.15, -0.1) is 11.3 Å². The van der Waals surface area contributed by atoms with E-state index in [9.17, 15) is 9.59 Å². The van der Waals surface area contributed by atoms with Gasteiger partial charge in [0, 0.05) is 12.5 Å². The summed E-state index contributed by atoms with van der Waals surface area (Å²) in [6.45, 7) is 0.428. The van der Waals surface area contributed by atoms with Crippen LogP contribution >= 0.6 is 11.3 Å². The molecule has 0 bridgehead atoms. The van der Waals surface area contributed by atoms with Crippen LogP contribution in [0.3, 0.4) is 0 Å². The number of methoxy groups -OCH3 is 1. The summed E-state index contributed by atoms with van der Waals surface area (Å²) < 4.78 is 5.16. The maximum Gasteiger partial charge on any atom is 0.261 e. The van der Waals surface area contributed by atoms with E-state index in [1.54, 1.807) is 19.2 Å². The molecule has 0 unspecified atom stereocenters. The minimum Gasteiger partial charge on any atom is -0.497 e. The van der Waals surface area contributed by atoms with Gasteiger partial charge in [0.1, 0.15) is 5.75 Å². The number of ether oxygens (including phenoxy) is 1. The number of thiophene rings is 1. The highest BCUT2D eigenvalue weighted by atomic mass is 32.1. The fraction of sp³-hybridized carbons (Fsp3) is 0.294. The number of carbonyl (C=O) groups excluding carboxylic acids is 2. The molecule has 0 saturated heterocycles. The number of carbonyl (C=O) groups is 2. The van der Waals surface area contributed by atoms with Gasteiger partial charge in [0.25, 0.3) is 5.91 Å². The Morgan fingerprint density at radius 3 is 2.83 bits per heavy atom. The summed E-state index contributed by atoms with van der Waals surface area (Å²) in [5.74, 6) is 0.820. The lowest BCUT2D eigenvalue weighted by molar-refractivity contribution is -0.117. The Morgan fingerprint density at radius 2 is 2.09 bits per heavy atom. The van der Waals surface area contributed by atoms with Crippen LogP contribution in [0, 0.1) is 5.92 Å². The lowest BCUT2D eigenvalue weighted by atomic mass is 10.2. The molecule has 1 aromatic carbocycles. The molecular weight excluding hydrogens is 312 g/mol. The zero-order valence-corrected chi connectivity index (χ0v) is 13.6. The van der Waals surface area contributed by atoms with Crippen LogP contribution in [-0.4, -0.2) is 18.9 Å². The third kappa shape index (κ3) is 4.10. The van der Waals surface area contributed by atoms with Crippen molar-refractivity contribution in [2.45, 2.75) is 19.4 Å². The summed E-state index contributed by atoms with van der Waals surface area (Å²) in [6.07, 6.45) is 1.93. The van der Waals surface area contributed by atoms with Crippen molar-refractivity contribution >= 4 is 28.2 Å². The fourth-order valence-electron chi connectivity index (χ4n) is 2.15. The van der Waals surface area contributed by atoms with Crippen molar-refractivity contribution in [2.75, 3.05) is 12.4 Å². The summed E-state index contributed by atoms with van der Waals surface area (Å²) in [5, 5.41) is 6.44. The predicted molar refractivity (Wildman–Crippen MR) is 89.8 cm³/mol. The second-order valence-electron chi connectivity index (χ2n) is 5.46. The molecule has 1 saturated carbocycles. The molecule has 0 spiro atoms.